The summed E-state index contributed by atoms with van der Waals surface area (Å²) in [6, 6.07) is 12.1. The van der Waals surface area contributed by atoms with E-state index >= 15 is 0 Å². The first-order valence-electron chi connectivity index (χ1n) is 8.62. The van der Waals surface area contributed by atoms with Crippen LogP contribution in [0.1, 0.15) is 23.2 Å². The summed E-state index contributed by atoms with van der Waals surface area (Å²) in [5.74, 6) is -0.382. The van der Waals surface area contributed by atoms with E-state index in [4.69, 9.17) is 0 Å². The minimum atomic E-state index is -3.64. The van der Waals surface area contributed by atoms with Gasteiger partial charge < -0.3 is 10.2 Å². The molecule has 2 amide bonds. The van der Waals surface area contributed by atoms with Gasteiger partial charge in [-0.05, 0) is 36.4 Å². The van der Waals surface area contributed by atoms with Crippen LogP contribution in [0.5, 0.6) is 0 Å². The highest BCUT2D eigenvalue weighted by molar-refractivity contribution is 7.91. The monoisotopic (exact) mass is 407 g/mol. The van der Waals surface area contributed by atoms with Crippen molar-refractivity contribution in [3.05, 3.63) is 53.4 Å². The van der Waals surface area contributed by atoms with E-state index in [0.29, 0.717) is 31.5 Å². The molecule has 1 aliphatic heterocycles. The molecule has 0 spiro atoms. The van der Waals surface area contributed by atoms with E-state index in [1.807, 2.05) is 18.2 Å². The third-order valence-electron chi connectivity index (χ3n) is 4.39. The van der Waals surface area contributed by atoms with Crippen molar-refractivity contribution < 1.29 is 18.0 Å². The van der Waals surface area contributed by atoms with Gasteiger partial charge in [0.15, 0.2) is 0 Å². The molecular weight excluding hydrogens is 386 g/mol. The average molecular weight is 408 g/mol. The molecule has 0 saturated carbocycles. The van der Waals surface area contributed by atoms with Gasteiger partial charge in [0.2, 0.25) is 5.91 Å². The van der Waals surface area contributed by atoms with Crippen molar-refractivity contribution >= 4 is 33.2 Å². The number of thiophene rings is 1. The molecule has 9 heteroatoms. The van der Waals surface area contributed by atoms with E-state index < -0.39 is 10.0 Å². The zero-order valence-electron chi connectivity index (χ0n) is 14.6. The molecular formula is C18H21N3O4S2. The van der Waals surface area contributed by atoms with Gasteiger partial charge in [0, 0.05) is 24.7 Å². The summed E-state index contributed by atoms with van der Waals surface area (Å²) in [5.41, 5.74) is 0.610. The number of hydrogen-bond acceptors (Lipinski definition) is 5. The van der Waals surface area contributed by atoms with E-state index in [1.165, 1.54) is 6.07 Å². The standard InChI is InChI=1S/C18H21N3O4S2/c22-16(13-19-27(24,25)17-7-4-12-26-17)21-10-8-15(9-11-21)20-18(23)14-5-2-1-3-6-14/h1-7,12,15,19H,8-11,13H2,(H,20,23). The largest absolute Gasteiger partial charge is 0.349 e. The number of carbonyl (C=O) groups excluding carboxylic acids is 2. The Morgan fingerprint density at radius 2 is 1.78 bits per heavy atom. The molecule has 1 fully saturated rings. The molecule has 0 atom stereocenters. The summed E-state index contributed by atoms with van der Waals surface area (Å²) >= 11 is 1.11. The minimum Gasteiger partial charge on any atom is -0.349 e. The summed E-state index contributed by atoms with van der Waals surface area (Å²) in [4.78, 5) is 26.1. The van der Waals surface area contributed by atoms with Crippen molar-refractivity contribution in [1.29, 1.82) is 0 Å². The van der Waals surface area contributed by atoms with E-state index in [1.54, 1.807) is 28.5 Å². The number of carbonyl (C=O) groups is 2. The maximum atomic E-state index is 12.3. The summed E-state index contributed by atoms with van der Waals surface area (Å²) in [6.07, 6.45) is 1.28. The predicted octanol–water partition coefficient (Wildman–Crippen LogP) is 1.45. The summed E-state index contributed by atoms with van der Waals surface area (Å²) < 4.78 is 26.7. The number of amides is 2. The summed E-state index contributed by atoms with van der Waals surface area (Å²) in [7, 11) is -3.64. The number of sulfonamides is 1. The molecule has 0 bridgehead atoms. The molecule has 1 aliphatic rings. The molecule has 1 aromatic heterocycles. The number of nitrogens with zero attached hydrogens (tertiary/aromatic N) is 1. The van der Waals surface area contributed by atoms with Crippen LogP contribution in [0, 0.1) is 0 Å². The Bertz CT molecular complexity index is 875. The Labute approximate surface area is 162 Å². The van der Waals surface area contributed by atoms with Crippen molar-refractivity contribution in [2.75, 3.05) is 19.6 Å². The molecule has 3 rings (SSSR count). The lowest BCUT2D eigenvalue weighted by Crippen LogP contribution is -2.48. The van der Waals surface area contributed by atoms with Gasteiger partial charge in [-0.2, -0.15) is 0 Å². The molecule has 1 saturated heterocycles. The predicted molar refractivity (Wildman–Crippen MR) is 103 cm³/mol. The molecule has 7 nitrogen and oxygen atoms in total. The number of hydrogen-bond donors (Lipinski definition) is 2. The van der Waals surface area contributed by atoms with Crippen molar-refractivity contribution in [3.63, 3.8) is 0 Å². The second-order valence-corrected chi connectivity index (χ2v) is 9.19. The Balaban J connectivity index is 1.45. The lowest BCUT2D eigenvalue weighted by atomic mass is 10.0. The molecule has 2 heterocycles. The number of benzene rings is 1. The fourth-order valence-electron chi connectivity index (χ4n) is 2.89. The van der Waals surface area contributed by atoms with E-state index in [2.05, 4.69) is 10.0 Å². The molecule has 0 unspecified atom stereocenters. The van der Waals surface area contributed by atoms with Crippen LogP contribution in [0.3, 0.4) is 0 Å². The molecule has 27 heavy (non-hydrogen) atoms. The maximum Gasteiger partial charge on any atom is 0.251 e. The topological polar surface area (TPSA) is 95.6 Å². The molecule has 0 aliphatic carbocycles. The van der Waals surface area contributed by atoms with Gasteiger partial charge in [-0.15, -0.1) is 11.3 Å². The first-order valence-corrected chi connectivity index (χ1v) is 11.0. The van der Waals surface area contributed by atoms with Gasteiger partial charge in [0.05, 0.1) is 6.54 Å². The van der Waals surface area contributed by atoms with Crippen molar-refractivity contribution in [2.24, 2.45) is 0 Å². The highest BCUT2D eigenvalue weighted by Gasteiger charge is 2.25. The zero-order valence-corrected chi connectivity index (χ0v) is 16.3. The highest BCUT2D eigenvalue weighted by Crippen LogP contribution is 2.15. The second-order valence-electron chi connectivity index (χ2n) is 6.25. The van der Waals surface area contributed by atoms with Crippen LogP contribution in [0.15, 0.2) is 52.1 Å². The zero-order chi connectivity index (χ0) is 19.3. The lowest BCUT2D eigenvalue weighted by Gasteiger charge is -2.32. The van der Waals surface area contributed by atoms with Crippen molar-refractivity contribution in [3.8, 4) is 0 Å². The van der Waals surface area contributed by atoms with E-state index in [-0.39, 0.29) is 28.6 Å². The Morgan fingerprint density at radius 3 is 2.41 bits per heavy atom. The summed E-state index contributed by atoms with van der Waals surface area (Å²) in [5, 5.41) is 4.65. The van der Waals surface area contributed by atoms with Crippen LogP contribution >= 0.6 is 11.3 Å². The Kier molecular flexibility index (Phi) is 6.25. The Hall–Kier alpha value is -2.23. The number of piperidine rings is 1. The quantitative estimate of drug-likeness (QED) is 0.758. The molecule has 2 aromatic rings. The normalized spacial score (nSPS) is 15.5. The van der Waals surface area contributed by atoms with Crippen molar-refractivity contribution in [1.82, 2.24) is 14.9 Å². The molecule has 2 N–H and O–H groups in total. The van der Waals surface area contributed by atoms with E-state index in [0.717, 1.165) is 11.3 Å². The third kappa shape index (κ3) is 5.15. The van der Waals surface area contributed by atoms with Gasteiger partial charge in [-0.25, -0.2) is 13.1 Å². The van der Waals surface area contributed by atoms with Crippen LogP contribution in [-0.4, -0.2) is 50.8 Å². The molecule has 1 aromatic carbocycles. The van der Waals surface area contributed by atoms with Crippen LogP contribution in [-0.2, 0) is 14.8 Å². The number of nitrogens with one attached hydrogen (secondary N) is 2. The SMILES string of the molecule is O=C(NC1CCN(C(=O)CNS(=O)(=O)c2cccs2)CC1)c1ccccc1. The van der Waals surface area contributed by atoms with Gasteiger partial charge >= 0.3 is 0 Å². The van der Waals surface area contributed by atoms with Gasteiger partial charge in [0.1, 0.15) is 4.21 Å². The molecule has 0 radical (unpaired) electrons. The van der Waals surface area contributed by atoms with Crippen LogP contribution in [0.2, 0.25) is 0 Å². The minimum absolute atomic E-state index is 0.00423. The van der Waals surface area contributed by atoms with Gasteiger partial charge in [-0.3, -0.25) is 9.59 Å². The highest BCUT2D eigenvalue weighted by atomic mass is 32.2. The maximum absolute atomic E-state index is 12.3. The first-order chi connectivity index (χ1) is 13.0. The third-order valence-corrected chi connectivity index (χ3v) is 7.19. The summed E-state index contributed by atoms with van der Waals surface area (Å²) in [6.45, 7) is 0.708. The number of likely N-dealkylation sites (tertiary alicyclic amines) is 1. The van der Waals surface area contributed by atoms with Crippen LogP contribution in [0.25, 0.3) is 0 Å². The average Bonchev–Trinajstić information content (AvgIpc) is 3.23. The van der Waals surface area contributed by atoms with E-state index in [9.17, 15) is 18.0 Å². The van der Waals surface area contributed by atoms with Crippen LogP contribution < -0.4 is 10.0 Å². The number of rotatable bonds is 6. The first kappa shape index (κ1) is 19.5. The van der Waals surface area contributed by atoms with Gasteiger partial charge in [0.25, 0.3) is 15.9 Å². The molecule has 144 valence electrons. The lowest BCUT2D eigenvalue weighted by molar-refractivity contribution is -0.131. The fourth-order valence-corrected chi connectivity index (χ4v) is 4.90. The fraction of sp³-hybridized carbons (Fsp3) is 0.333. The van der Waals surface area contributed by atoms with Crippen LogP contribution in [0.4, 0.5) is 0 Å². The Morgan fingerprint density at radius 1 is 1.07 bits per heavy atom. The van der Waals surface area contributed by atoms with Crippen molar-refractivity contribution in [2.45, 2.75) is 23.1 Å². The smallest absolute Gasteiger partial charge is 0.251 e. The van der Waals surface area contributed by atoms with Gasteiger partial charge in [-0.1, -0.05) is 24.3 Å². The second kappa shape index (κ2) is 8.64.